The van der Waals surface area contributed by atoms with Crippen LogP contribution in [0, 0.1) is 5.41 Å². The van der Waals surface area contributed by atoms with Crippen LogP contribution in [0.15, 0.2) is 0 Å². The molecule has 0 N–H and O–H groups in total. The van der Waals surface area contributed by atoms with Crippen LogP contribution in [-0.4, -0.2) is 10.9 Å². The fraction of sp³-hybridized carbons (Fsp3) is 0.976. The van der Waals surface area contributed by atoms with Crippen LogP contribution in [0.2, 0.25) is 0 Å². The second-order valence-electron chi connectivity index (χ2n) is 14.6. The van der Waals surface area contributed by atoms with E-state index in [9.17, 15) is 4.79 Å². The van der Waals surface area contributed by atoms with Gasteiger partial charge in [-0.3, -0.25) is 4.79 Å². The molecule has 0 spiro atoms. The molecule has 0 saturated carbocycles. The van der Waals surface area contributed by atoms with Crippen LogP contribution >= 0.6 is 11.8 Å². The second kappa shape index (κ2) is 35.9. The summed E-state index contributed by atoms with van der Waals surface area (Å²) >= 11 is 1.75. The molecule has 0 bridgehead atoms. The minimum absolute atomic E-state index is 0.0442. The molecule has 0 atom stereocenters. The lowest BCUT2D eigenvalue weighted by Crippen LogP contribution is -2.30. The summed E-state index contributed by atoms with van der Waals surface area (Å²) in [5.41, 5.74) is -0.0442. The molecule has 0 amide bonds. The minimum atomic E-state index is -0.0442. The Morgan fingerprint density at radius 2 is 0.568 bits per heavy atom. The predicted octanol–water partition coefficient (Wildman–Crippen LogP) is 16.0. The van der Waals surface area contributed by atoms with Crippen molar-refractivity contribution in [1.29, 1.82) is 0 Å². The normalized spacial score (nSPS) is 11.9. The van der Waals surface area contributed by atoms with Crippen molar-refractivity contribution in [3.05, 3.63) is 0 Å². The van der Waals surface area contributed by atoms with E-state index in [1.54, 1.807) is 11.8 Å². The Bertz CT molecular complexity index is 508. The van der Waals surface area contributed by atoms with Gasteiger partial charge in [0.15, 0.2) is 5.12 Å². The highest BCUT2D eigenvalue weighted by Crippen LogP contribution is 2.42. The number of rotatable bonds is 37. The number of thioether (sulfide) groups is 1. The van der Waals surface area contributed by atoms with Gasteiger partial charge in [0.2, 0.25) is 0 Å². The zero-order valence-electron chi connectivity index (χ0n) is 31.3. The standard InChI is InChI=1S/C42H84OS/c1-5-9-13-17-21-25-29-33-37-42(38-34-30-26-22-18-14-10-6-2,39-35-31-27-23-19-15-11-7-3)41(43)44-40-36-32-28-24-20-16-12-8-4/h5-40H2,1-4H3. The summed E-state index contributed by atoms with van der Waals surface area (Å²) in [4.78, 5) is 14.1. The molecule has 0 aliphatic heterocycles. The first-order chi connectivity index (χ1) is 21.7. The number of hydrogen-bond donors (Lipinski definition) is 0. The van der Waals surface area contributed by atoms with Gasteiger partial charge in [0.1, 0.15) is 0 Å². The van der Waals surface area contributed by atoms with Gasteiger partial charge in [0.25, 0.3) is 0 Å². The van der Waals surface area contributed by atoms with Gasteiger partial charge in [-0.05, 0) is 25.7 Å². The highest BCUT2D eigenvalue weighted by molar-refractivity contribution is 8.13. The van der Waals surface area contributed by atoms with Crippen molar-refractivity contribution < 1.29 is 4.79 Å². The lowest BCUT2D eigenvalue weighted by Gasteiger charge is -2.33. The third kappa shape index (κ3) is 28.3. The summed E-state index contributed by atoms with van der Waals surface area (Å²) in [5.74, 6) is 1.06. The summed E-state index contributed by atoms with van der Waals surface area (Å²) in [6, 6.07) is 0. The summed E-state index contributed by atoms with van der Waals surface area (Å²) in [5, 5.41) is 0.592. The van der Waals surface area contributed by atoms with Crippen LogP contribution in [0.1, 0.15) is 252 Å². The molecule has 0 aliphatic rings. The maximum absolute atomic E-state index is 14.1. The predicted molar refractivity (Wildman–Crippen MR) is 204 cm³/mol. The highest BCUT2D eigenvalue weighted by atomic mass is 32.2. The van der Waals surface area contributed by atoms with E-state index in [2.05, 4.69) is 27.7 Å². The van der Waals surface area contributed by atoms with E-state index in [0.717, 1.165) is 25.0 Å². The van der Waals surface area contributed by atoms with Gasteiger partial charge in [-0.15, -0.1) is 0 Å². The molecule has 0 rings (SSSR count). The zero-order chi connectivity index (χ0) is 32.2. The Hall–Kier alpha value is 0.0200. The Morgan fingerprint density at radius 3 is 0.841 bits per heavy atom. The largest absolute Gasteiger partial charge is 0.287 e. The first-order valence-corrected chi connectivity index (χ1v) is 21.8. The molecule has 0 fully saturated rings. The van der Waals surface area contributed by atoms with Crippen molar-refractivity contribution in [3.63, 3.8) is 0 Å². The topological polar surface area (TPSA) is 17.1 Å². The summed E-state index contributed by atoms with van der Waals surface area (Å²) in [6.07, 6.45) is 47.0. The van der Waals surface area contributed by atoms with Crippen molar-refractivity contribution in [3.8, 4) is 0 Å². The van der Waals surface area contributed by atoms with E-state index in [1.165, 1.54) is 205 Å². The Morgan fingerprint density at radius 1 is 0.341 bits per heavy atom. The van der Waals surface area contributed by atoms with Crippen LogP contribution < -0.4 is 0 Å². The van der Waals surface area contributed by atoms with Gasteiger partial charge in [-0.25, -0.2) is 0 Å². The van der Waals surface area contributed by atoms with Crippen molar-refractivity contribution >= 4 is 16.9 Å². The Balaban J connectivity index is 5.02. The average molecular weight is 637 g/mol. The van der Waals surface area contributed by atoms with Crippen LogP contribution in [0.4, 0.5) is 0 Å². The number of carbonyl (C=O) groups is 1. The van der Waals surface area contributed by atoms with Gasteiger partial charge in [-0.2, -0.15) is 0 Å². The third-order valence-corrected chi connectivity index (χ3v) is 11.4. The third-order valence-electron chi connectivity index (χ3n) is 10.2. The number of hydrogen-bond acceptors (Lipinski definition) is 2. The van der Waals surface area contributed by atoms with Gasteiger partial charge >= 0.3 is 0 Å². The van der Waals surface area contributed by atoms with E-state index in [0.29, 0.717) is 5.12 Å². The Kier molecular flexibility index (Phi) is 35.9. The lowest BCUT2D eigenvalue weighted by atomic mass is 9.75. The van der Waals surface area contributed by atoms with E-state index in [4.69, 9.17) is 0 Å². The smallest absolute Gasteiger partial charge is 0.195 e. The van der Waals surface area contributed by atoms with Crippen LogP contribution in [0.3, 0.4) is 0 Å². The monoisotopic (exact) mass is 637 g/mol. The highest BCUT2D eigenvalue weighted by Gasteiger charge is 2.36. The van der Waals surface area contributed by atoms with E-state index in [1.807, 2.05) is 0 Å². The van der Waals surface area contributed by atoms with Crippen LogP contribution in [-0.2, 0) is 4.79 Å². The summed E-state index contributed by atoms with van der Waals surface area (Å²) in [7, 11) is 0. The van der Waals surface area contributed by atoms with Gasteiger partial charge in [0.05, 0.1) is 0 Å². The zero-order valence-corrected chi connectivity index (χ0v) is 32.1. The Labute approximate surface area is 284 Å². The molecular weight excluding hydrogens is 553 g/mol. The van der Waals surface area contributed by atoms with Crippen LogP contribution in [0.25, 0.3) is 0 Å². The lowest BCUT2D eigenvalue weighted by molar-refractivity contribution is -0.121. The molecule has 264 valence electrons. The molecule has 44 heavy (non-hydrogen) atoms. The van der Waals surface area contributed by atoms with Gasteiger partial charge < -0.3 is 0 Å². The maximum atomic E-state index is 14.1. The van der Waals surface area contributed by atoms with E-state index < -0.39 is 0 Å². The van der Waals surface area contributed by atoms with E-state index in [-0.39, 0.29) is 5.41 Å². The van der Waals surface area contributed by atoms with Crippen molar-refractivity contribution in [1.82, 2.24) is 0 Å². The van der Waals surface area contributed by atoms with Gasteiger partial charge in [-0.1, -0.05) is 239 Å². The summed E-state index contributed by atoms with van der Waals surface area (Å²) in [6.45, 7) is 9.22. The van der Waals surface area contributed by atoms with Crippen molar-refractivity contribution in [2.24, 2.45) is 5.41 Å². The molecule has 0 saturated heterocycles. The van der Waals surface area contributed by atoms with Crippen LogP contribution in [0.5, 0.6) is 0 Å². The molecular formula is C42H84OS. The molecule has 0 unspecified atom stereocenters. The van der Waals surface area contributed by atoms with E-state index >= 15 is 0 Å². The minimum Gasteiger partial charge on any atom is -0.287 e. The average Bonchev–Trinajstić information content (AvgIpc) is 3.03. The first kappa shape index (κ1) is 44.0. The first-order valence-electron chi connectivity index (χ1n) is 20.8. The van der Waals surface area contributed by atoms with Crippen molar-refractivity contribution in [2.45, 2.75) is 252 Å². The molecule has 1 nitrogen and oxygen atoms in total. The fourth-order valence-electron chi connectivity index (χ4n) is 7.03. The SMILES string of the molecule is CCCCCCCCCCSC(=O)C(CCCCCCCCCC)(CCCCCCCCCC)CCCCCCCCCC. The molecule has 0 heterocycles. The number of carbonyl (C=O) groups excluding carboxylic acids is 1. The molecule has 0 aromatic heterocycles. The fourth-order valence-corrected chi connectivity index (χ4v) is 8.17. The second-order valence-corrected chi connectivity index (χ2v) is 15.6. The molecule has 0 aliphatic carbocycles. The van der Waals surface area contributed by atoms with Gasteiger partial charge in [0, 0.05) is 11.2 Å². The molecule has 0 aromatic carbocycles. The van der Waals surface area contributed by atoms with Crippen molar-refractivity contribution in [2.75, 3.05) is 5.75 Å². The molecule has 2 heteroatoms. The molecule has 0 radical (unpaired) electrons. The quantitative estimate of drug-likeness (QED) is 0.0631. The number of unbranched alkanes of at least 4 members (excludes halogenated alkanes) is 28. The molecule has 0 aromatic rings. The summed E-state index contributed by atoms with van der Waals surface area (Å²) < 4.78 is 0. The maximum Gasteiger partial charge on any atom is 0.195 e.